The summed E-state index contributed by atoms with van der Waals surface area (Å²) in [4.78, 5) is 2.23. The van der Waals surface area contributed by atoms with Gasteiger partial charge in [-0.05, 0) is 50.4 Å². The van der Waals surface area contributed by atoms with Crippen LogP contribution in [0.3, 0.4) is 0 Å². The SMILES string of the molecule is [2H]C(CC)N(C)C1CCc2cn(C)cc2C1. The van der Waals surface area contributed by atoms with Crippen LogP contribution in [0.5, 0.6) is 0 Å². The molecule has 1 aliphatic rings. The summed E-state index contributed by atoms with van der Waals surface area (Å²) in [5.41, 5.74) is 2.99. The fourth-order valence-electron chi connectivity index (χ4n) is 2.57. The van der Waals surface area contributed by atoms with Crippen molar-refractivity contribution in [3.8, 4) is 0 Å². The molecule has 84 valence electrons. The number of nitrogens with zero attached hydrogens (tertiary/aromatic N) is 2. The summed E-state index contributed by atoms with van der Waals surface area (Å²) in [7, 11) is 4.19. The summed E-state index contributed by atoms with van der Waals surface area (Å²) in [6.45, 7) is 2.04. The van der Waals surface area contributed by atoms with Gasteiger partial charge in [-0.3, -0.25) is 0 Å². The predicted molar refractivity (Wildman–Crippen MR) is 64.1 cm³/mol. The van der Waals surface area contributed by atoms with Crippen molar-refractivity contribution in [2.45, 2.75) is 38.6 Å². The first-order valence-electron chi connectivity index (χ1n) is 6.47. The Balaban J connectivity index is 2.07. The van der Waals surface area contributed by atoms with E-state index in [1.165, 1.54) is 24.0 Å². The lowest BCUT2D eigenvalue weighted by Crippen LogP contribution is -2.36. The molecule has 0 bridgehead atoms. The van der Waals surface area contributed by atoms with Crippen LogP contribution in [0.4, 0.5) is 0 Å². The van der Waals surface area contributed by atoms with E-state index >= 15 is 0 Å². The number of hydrogen-bond donors (Lipinski definition) is 0. The number of likely N-dealkylation sites (N-methyl/N-ethyl adjacent to an activating group) is 1. The van der Waals surface area contributed by atoms with Crippen molar-refractivity contribution < 1.29 is 1.37 Å². The lowest BCUT2D eigenvalue weighted by molar-refractivity contribution is 0.222. The first-order valence-corrected chi connectivity index (χ1v) is 5.89. The molecule has 1 aliphatic carbocycles. The van der Waals surface area contributed by atoms with Crippen LogP contribution in [0.25, 0.3) is 0 Å². The maximum atomic E-state index is 7.97. The quantitative estimate of drug-likeness (QED) is 0.738. The van der Waals surface area contributed by atoms with Gasteiger partial charge in [0, 0.05) is 26.9 Å². The Hall–Kier alpha value is -0.760. The van der Waals surface area contributed by atoms with Gasteiger partial charge in [0.25, 0.3) is 0 Å². The Labute approximate surface area is 94.3 Å². The van der Waals surface area contributed by atoms with E-state index < -0.39 is 0 Å². The molecule has 2 heteroatoms. The van der Waals surface area contributed by atoms with Gasteiger partial charge >= 0.3 is 0 Å². The third kappa shape index (κ3) is 2.25. The molecule has 15 heavy (non-hydrogen) atoms. The summed E-state index contributed by atoms with van der Waals surface area (Å²) in [6.07, 6.45) is 8.87. The fraction of sp³-hybridized carbons (Fsp3) is 0.692. The van der Waals surface area contributed by atoms with Crippen molar-refractivity contribution in [3.05, 3.63) is 23.5 Å². The largest absolute Gasteiger partial charge is 0.357 e. The predicted octanol–water partition coefficient (Wildman–Crippen LogP) is 2.22. The Morgan fingerprint density at radius 1 is 1.53 bits per heavy atom. The molecular weight excluding hydrogens is 184 g/mol. The summed E-state index contributed by atoms with van der Waals surface area (Å²) >= 11 is 0. The minimum absolute atomic E-state index is 0.0461. The highest BCUT2D eigenvalue weighted by Crippen LogP contribution is 2.24. The van der Waals surface area contributed by atoms with Crippen LogP contribution < -0.4 is 0 Å². The second kappa shape index (κ2) is 4.40. The van der Waals surface area contributed by atoms with Crippen molar-refractivity contribution in [2.75, 3.05) is 13.6 Å². The van der Waals surface area contributed by atoms with E-state index in [0.717, 1.165) is 12.8 Å². The molecule has 2 atom stereocenters. The molecule has 0 aromatic carbocycles. The molecule has 0 radical (unpaired) electrons. The van der Waals surface area contributed by atoms with E-state index in [0.29, 0.717) is 6.04 Å². The van der Waals surface area contributed by atoms with Crippen molar-refractivity contribution in [2.24, 2.45) is 7.05 Å². The van der Waals surface area contributed by atoms with Crippen molar-refractivity contribution in [1.82, 2.24) is 9.47 Å². The van der Waals surface area contributed by atoms with E-state index in [1.807, 2.05) is 0 Å². The Bertz CT molecular complexity index is 359. The van der Waals surface area contributed by atoms with Gasteiger partial charge in [-0.25, -0.2) is 0 Å². The smallest absolute Gasteiger partial charge is 0.0430 e. The van der Waals surface area contributed by atoms with Gasteiger partial charge in [-0.15, -0.1) is 0 Å². The first-order chi connectivity index (χ1) is 7.61. The van der Waals surface area contributed by atoms with E-state index in [-0.39, 0.29) is 6.52 Å². The number of aromatic nitrogens is 1. The monoisotopic (exact) mass is 207 g/mol. The molecule has 1 aromatic heterocycles. The Kier molecular flexibility index (Phi) is 2.77. The van der Waals surface area contributed by atoms with Crippen LogP contribution in [-0.2, 0) is 19.9 Å². The molecule has 2 unspecified atom stereocenters. The highest BCUT2D eigenvalue weighted by molar-refractivity contribution is 5.28. The van der Waals surface area contributed by atoms with Crippen LogP contribution in [0, 0.1) is 0 Å². The number of rotatable bonds is 3. The summed E-state index contributed by atoms with van der Waals surface area (Å²) in [5.74, 6) is 0. The first kappa shape index (κ1) is 9.46. The molecule has 0 saturated carbocycles. The highest BCUT2D eigenvalue weighted by Gasteiger charge is 2.22. The molecule has 0 spiro atoms. The molecule has 0 amide bonds. The zero-order chi connectivity index (χ0) is 11.7. The number of hydrogen-bond acceptors (Lipinski definition) is 1. The van der Waals surface area contributed by atoms with Gasteiger partial charge in [0.15, 0.2) is 0 Å². The van der Waals surface area contributed by atoms with Gasteiger partial charge in [-0.2, -0.15) is 0 Å². The summed E-state index contributed by atoms with van der Waals surface area (Å²) in [5, 5.41) is 0. The van der Waals surface area contributed by atoms with Crippen LogP contribution in [0.1, 0.15) is 32.3 Å². The molecule has 0 aliphatic heterocycles. The second-order valence-electron chi connectivity index (χ2n) is 4.63. The zero-order valence-electron chi connectivity index (χ0n) is 11.0. The molecule has 0 N–H and O–H groups in total. The van der Waals surface area contributed by atoms with Gasteiger partial charge in [-0.1, -0.05) is 6.92 Å². The maximum absolute atomic E-state index is 7.97. The minimum Gasteiger partial charge on any atom is -0.357 e. The average Bonchev–Trinajstić information content (AvgIpc) is 2.65. The molecule has 0 saturated heterocycles. The van der Waals surface area contributed by atoms with Gasteiger partial charge in [0.05, 0.1) is 0 Å². The van der Waals surface area contributed by atoms with E-state index in [9.17, 15) is 0 Å². The Morgan fingerprint density at radius 3 is 3.00 bits per heavy atom. The van der Waals surface area contributed by atoms with Crippen molar-refractivity contribution >= 4 is 0 Å². The third-order valence-corrected chi connectivity index (χ3v) is 3.38. The van der Waals surface area contributed by atoms with Crippen LogP contribution in [0.2, 0.25) is 0 Å². The van der Waals surface area contributed by atoms with Gasteiger partial charge in [0.1, 0.15) is 0 Å². The van der Waals surface area contributed by atoms with Crippen LogP contribution >= 0.6 is 0 Å². The maximum Gasteiger partial charge on any atom is 0.0430 e. The van der Waals surface area contributed by atoms with Crippen molar-refractivity contribution in [1.29, 1.82) is 0 Å². The number of aryl methyl sites for hydroxylation is 2. The molecule has 0 fully saturated rings. The molecule has 2 nitrogen and oxygen atoms in total. The average molecular weight is 207 g/mol. The molecule has 1 aromatic rings. The van der Waals surface area contributed by atoms with E-state index in [2.05, 4.69) is 42.9 Å². The molecule has 1 heterocycles. The lowest BCUT2D eigenvalue weighted by Gasteiger charge is -2.31. The fourth-order valence-corrected chi connectivity index (χ4v) is 2.57. The highest BCUT2D eigenvalue weighted by atomic mass is 15.1. The third-order valence-electron chi connectivity index (χ3n) is 3.38. The standard InChI is InChI=1S/C13H22N2/c1-4-7-15(3)13-6-5-11-9-14(2)10-12(11)8-13/h9-10,13H,4-8H2,1-3H3/i7D. The lowest BCUT2D eigenvalue weighted by atomic mass is 9.91. The van der Waals surface area contributed by atoms with Crippen LogP contribution in [-0.4, -0.2) is 29.1 Å². The van der Waals surface area contributed by atoms with E-state index in [4.69, 9.17) is 1.37 Å². The summed E-state index contributed by atoms with van der Waals surface area (Å²) < 4.78 is 10.1. The number of fused-ring (bicyclic) bond motifs is 1. The van der Waals surface area contributed by atoms with Gasteiger partial charge in [0.2, 0.25) is 0 Å². The normalized spacial score (nSPS) is 23.7. The van der Waals surface area contributed by atoms with Gasteiger partial charge < -0.3 is 9.47 Å². The van der Waals surface area contributed by atoms with Crippen LogP contribution in [0.15, 0.2) is 12.4 Å². The second-order valence-corrected chi connectivity index (χ2v) is 4.63. The van der Waals surface area contributed by atoms with Crippen molar-refractivity contribution in [3.63, 3.8) is 0 Å². The topological polar surface area (TPSA) is 8.17 Å². The Morgan fingerprint density at radius 2 is 2.27 bits per heavy atom. The minimum atomic E-state index is -0.0461. The molecular formula is C13H22N2. The zero-order valence-corrected chi connectivity index (χ0v) is 10.0. The van der Waals surface area contributed by atoms with E-state index in [1.54, 1.807) is 0 Å². The summed E-state index contributed by atoms with van der Waals surface area (Å²) in [6, 6.07) is 0.553. The molecule has 2 rings (SSSR count).